The first kappa shape index (κ1) is 16.1. The van der Waals surface area contributed by atoms with Crippen molar-refractivity contribution in [2.75, 3.05) is 13.2 Å². The first-order chi connectivity index (χ1) is 6.81. The first-order valence-electron chi connectivity index (χ1n) is 5.22. The van der Waals surface area contributed by atoms with Crippen molar-refractivity contribution >= 4 is 7.32 Å². The highest BCUT2D eigenvalue weighted by Gasteiger charge is 2.13. The van der Waals surface area contributed by atoms with Crippen molar-refractivity contribution in [1.29, 1.82) is 0 Å². The highest BCUT2D eigenvalue weighted by molar-refractivity contribution is 6.34. The maximum Gasteiger partial charge on any atom is 0.636 e. The molecule has 0 aromatic rings. The normalized spacial score (nSPS) is 9.07. The average molecular weight is 202 g/mol. The smallest absolute Gasteiger partial charge is 0.402 e. The summed E-state index contributed by atoms with van der Waals surface area (Å²) in [6, 6.07) is 0. The minimum atomic E-state index is -1.02. The summed E-state index contributed by atoms with van der Waals surface area (Å²) in [6.07, 6.45) is 4.08. The molecule has 0 amide bonds. The maximum absolute atomic E-state index is 9.06. The van der Waals surface area contributed by atoms with E-state index in [1.165, 1.54) is 0 Å². The fourth-order valence-corrected chi connectivity index (χ4v) is 0.705. The predicted octanol–water partition coefficient (Wildman–Crippen LogP) is 2.40. The lowest BCUT2D eigenvalue weighted by molar-refractivity contribution is 0.130. The molecule has 1 N–H and O–H groups in total. The van der Waals surface area contributed by atoms with E-state index in [2.05, 4.69) is 27.0 Å². The summed E-state index contributed by atoms with van der Waals surface area (Å²) in [4.78, 5) is 0. The van der Waals surface area contributed by atoms with E-state index in [0.717, 1.165) is 25.7 Å². The summed E-state index contributed by atoms with van der Waals surface area (Å²) in [5, 5.41) is 9.06. The van der Waals surface area contributed by atoms with Crippen LogP contribution >= 0.6 is 0 Å². The van der Waals surface area contributed by atoms with Gasteiger partial charge in [0.05, 0.1) is 0 Å². The Labute approximate surface area is 88.3 Å². The molecule has 0 saturated heterocycles. The minimum Gasteiger partial charge on any atom is -0.402 e. The Bertz CT molecular complexity index is 91.4. The Morgan fingerprint density at radius 1 is 1.00 bits per heavy atom. The fourth-order valence-electron chi connectivity index (χ4n) is 0.705. The van der Waals surface area contributed by atoms with E-state index in [-0.39, 0.29) is 0 Å². The second-order valence-corrected chi connectivity index (χ2v) is 2.76. The van der Waals surface area contributed by atoms with Crippen LogP contribution in [0.1, 0.15) is 39.5 Å². The third-order valence-electron chi connectivity index (χ3n) is 1.52. The van der Waals surface area contributed by atoms with Crippen molar-refractivity contribution in [3.8, 4) is 0 Å². The molecule has 0 saturated carbocycles. The van der Waals surface area contributed by atoms with Gasteiger partial charge in [-0.15, -0.1) is 13.2 Å². The number of unbranched alkanes of at least 4 members (excludes halogenated alkanes) is 2. The van der Waals surface area contributed by atoms with E-state index in [9.17, 15) is 0 Å². The van der Waals surface area contributed by atoms with Gasteiger partial charge in [-0.3, -0.25) is 0 Å². The molecule has 0 aliphatic rings. The lowest BCUT2D eigenvalue weighted by Gasteiger charge is -2.07. The highest BCUT2D eigenvalue weighted by Crippen LogP contribution is 1.93. The van der Waals surface area contributed by atoms with Crippen LogP contribution in [-0.2, 0) is 9.31 Å². The molecule has 84 valence electrons. The topological polar surface area (TPSA) is 38.7 Å². The fraction of sp³-hybridized carbons (Fsp3) is 0.800. The van der Waals surface area contributed by atoms with Crippen LogP contribution in [0.15, 0.2) is 13.2 Å². The molecule has 0 unspecified atom stereocenters. The molecule has 0 rings (SSSR count). The minimum absolute atomic E-state index is 0.573. The van der Waals surface area contributed by atoms with Gasteiger partial charge in [-0.1, -0.05) is 26.7 Å². The second kappa shape index (κ2) is 15.2. The van der Waals surface area contributed by atoms with Crippen LogP contribution in [0, 0.1) is 0 Å². The third-order valence-corrected chi connectivity index (χ3v) is 1.52. The van der Waals surface area contributed by atoms with Crippen LogP contribution in [0.25, 0.3) is 0 Å². The number of hydrogen-bond acceptors (Lipinski definition) is 3. The Morgan fingerprint density at radius 2 is 1.36 bits per heavy atom. The molecule has 0 heterocycles. The molecule has 0 aromatic carbocycles. The molecular formula is C10H23BO3. The van der Waals surface area contributed by atoms with Gasteiger partial charge < -0.3 is 14.3 Å². The predicted molar refractivity (Wildman–Crippen MR) is 60.9 cm³/mol. The first-order valence-corrected chi connectivity index (χ1v) is 5.22. The monoisotopic (exact) mass is 202 g/mol. The summed E-state index contributed by atoms with van der Waals surface area (Å²) in [6.45, 7) is 11.3. The van der Waals surface area contributed by atoms with Crippen LogP contribution < -0.4 is 0 Å². The van der Waals surface area contributed by atoms with Gasteiger partial charge in [0.1, 0.15) is 0 Å². The molecule has 0 aliphatic heterocycles. The average Bonchev–Trinajstić information content (AvgIpc) is 2.22. The largest absolute Gasteiger partial charge is 0.636 e. The Hall–Kier alpha value is -0.315. The quantitative estimate of drug-likeness (QED) is 0.373. The van der Waals surface area contributed by atoms with Gasteiger partial charge in [-0.05, 0) is 12.8 Å². The van der Waals surface area contributed by atoms with Crippen molar-refractivity contribution in [2.45, 2.75) is 39.5 Å². The summed E-state index contributed by atoms with van der Waals surface area (Å²) in [5.74, 6) is 0. The molecule has 0 atom stereocenters. The molecule has 0 fully saturated rings. The summed E-state index contributed by atoms with van der Waals surface area (Å²) in [7, 11) is -1.02. The molecule has 0 aliphatic carbocycles. The van der Waals surface area contributed by atoms with Gasteiger partial charge in [0.2, 0.25) is 0 Å². The zero-order valence-corrected chi connectivity index (χ0v) is 9.50. The zero-order valence-electron chi connectivity index (χ0n) is 9.50. The molecule has 3 nitrogen and oxygen atoms in total. The van der Waals surface area contributed by atoms with Gasteiger partial charge >= 0.3 is 7.32 Å². The highest BCUT2D eigenvalue weighted by atomic mass is 16.7. The van der Waals surface area contributed by atoms with Crippen LogP contribution in [-0.4, -0.2) is 25.6 Å². The van der Waals surface area contributed by atoms with Gasteiger partial charge in [-0.2, -0.15) is 0 Å². The van der Waals surface area contributed by atoms with E-state index in [1.807, 2.05) is 0 Å². The zero-order chi connectivity index (χ0) is 11.2. The molecule has 0 aromatic heterocycles. The van der Waals surface area contributed by atoms with Crippen LogP contribution in [0.5, 0.6) is 0 Å². The van der Waals surface area contributed by atoms with E-state index >= 15 is 0 Å². The maximum atomic E-state index is 9.06. The molecule has 4 heteroatoms. The Balaban J connectivity index is 0. The van der Waals surface area contributed by atoms with Crippen LogP contribution in [0.2, 0.25) is 0 Å². The molecule has 0 bridgehead atoms. The van der Waals surface area contributed by atoms with Crippen molar-refractivity contribution < 1.29 is 14.3 Å². The number of rotatable bonds is 8. The lowest BCUT2D eigenvalue weighted by Crippen LogP contribution is -2.23. The van der Waals surface area contributed by atoms with Crippen molar-refractivity contribution in [3.63, 3.8) is 0 Å². The van der Waals surface area contributed by atoms with Crippen molar-refractivity contribution in [1.82, 2.24) is 0 Å². The Morgan fingerprint density at radius 3 is 1.64 bits per heavy atom. The van der Waals surface area contributed by atoms with E-state index in [4.69, 9.17) is 14.3 Å². The SMILES string of the molecule is C=C.CCCCOB(O)OCCCC. The lowest BCUT2D eigenvalue weighted by atomic mass is 10.2. The summed E-state index contributed by atoms with van der Waals surface area (Å²) >= 11 is 0. The number of hydrogen-bond donors (Lipinski definition) is 1. The molecule has 0 radical (unpaired) electrons. The molecular weight excluding hydrogens is 179 g/mol. The van der Waals surface area contributed by atoms with Crippen LogP contribution in [0.3, 0.4) is 0 Å². The van der Waals surface area contributed by atoms with Gasteiger partial charge in [-0.25, -0.2) is 0 Å². The standard InChI is InChI=1S/C8H19BO3.C2H4/c1-3-5-7-11-9(10)12-8-6-4-2;1-2/h10H,3-8H2,1-2H3;1-2H2. The van der Waals surface area contributed by atoms with Crippen LogP contribution in [0.4, 0.5) is 0 Å². The van der Waals surface area contributed by atoms with E-state index in [1.54, 1.807) is 0 Å². The second-order valence-electron chi connectivity index (χ2n) is 2.76. The summed E-state index contributed by atoms with van der Waals surface area (Å²) < 4.78 is 9.92. The van der Waals surface area contributed by atoms with E-state index in [0.29, 0.717) is 13.2 Å². The van der Waals surface area contributed by atoms with Gasteiger partial charge in [0.15, 0.2) is 0 Å². The molecule has 14 heavy (non-hydrogen) atoms. The van der Waals surface area contributed by atoms with Crippen molar-refractivity contribution in [3.05, 3.63) is 13.2 Å². The van der Waals surface area contributed by atoms with E-state index < -0.39 is 7.32 Å². The van der Waals surface area contributed by atoms with Gasteiger partial charge in [0.25, 0.3) is 0 Å². The third kappa shape index (κ3) is 14.2. The van der Waals surface area contributed by atoms with Gasteiger partial charge in [0, 0.05) is 13.2 Å². The summed E-state index contributed by atoms with van der Waals surface area (Å²) in [5.41, 5.74) is 0. The van der Waals surface area contributed by atoms with Crippen molar-refractivity contribution in [2.24, 2.45) is 0 Å². The Kier molecular flexibility index (Phi) is 17.5. The molecule has 0 spiro atoms.